The minimum Gasteiger partial charge on any atom is -0.472 e. The van der Waals surface area contributed by atoms with Crippen LogP contribution >= 0.6 is 11.3 Å². The lowest BCUT2D eigenvalue weighted by atomic mass is 9.93. The fourth-order valence-electron chi connectivity index (χ4n) is 3.09. The molecule has 0 aliphatic carbocycles. The number of amides is 1. The average molecular weight is 347 g/mol. The van der Waals surface area contributed by atoms with Crippen molar-refractivity contribution in [2.45, 2.75) is 25.7 Å². The molecule has 1 amide bonds. The molecule has 2 aromatic heterocycles. The van der Waals surface area contributed by atoms with Gasteiger partial charge in [0, 0.05) is 24.0 Å². The Morgan fingerprint density at radius 2 is 2.21 bits per heavy atom. The van der Waals surface area contributed by atoms with Crippen molar-refractivity contribution in [1.82, 2.24) is 14.8 Å². The Morgan fingerprint density at radius 3 is 2.88 bits per heavy atom. The molecule has 2 aromatic rings. The molecule has 5 nitrogen and oxygen atoms in total. The quantitative estimate of drug-likeness (QED) is 0.805. The summed E-state index contributed by atoms with van der Waals surface area (Å²) in [7, 11) is 4.23. The Morgan fingerprint density at radius 1 is 1.42 bits per heavy atom. The van der Waals surface area contributed by atoms with E-state index in [2.05, 4.69) is 24.0 Å². The van der Waals surface area contributed by atoms with Gasteiger partial charge in [-0.25, -0.2) is 4.98 Å². The van der Waals surface area contributed by atoms with Gasteiger partial charge >= 0.3 is 0 Å². The van der Waals surface area contributed by atoms with Gasteiger partial charge in [-0.2, -0.15) is 0 Å². The first-order valence-corrected chi connectivity index (χ1v) is 9.39. The molecule has 24 heavy (non-hydrogen) atoms. The second-order valence-electron chi connectivity index (χ2n) is 6.75. The molecule has 0 radical (unpaired) electrons. The highest BCUT2D eigenvalue weighted by molar-refractivity contribution is 7.13. The molecular formula is C18H25N3O2S. The molecular weight excluding hydrogens is 322 g/mol. The van der Waals surface area contributed by atoms with Crippen molar-refractivity contribution >= 4 is 17.2 Å². The largest absolute Gasteiger partial charge is 0.472 e. The smallest absolute Gasteiger partial charge is 0.228 e. The number of carbonyl (C=O) groups is 1. The fraction of sp³-hybridized carbons (Fsp3) is 0.556. The van der Waals surface area contributed by atoms with Crippen LogP contribution in [-0.2, 0) is 11.2 Å². The summed E-state index contributed by atoms with van der Waals surface area (Å²) < 4.78 is 5.09. The highest BCUT2D eigenvalue weighted by Gasteiger charge is 2.23. The third kappa shape index (κ3) is 4.45. The average Bonchev–Trinajstić information content (AvgIpc) is 3.24. The molecule has 0 N–H and O–H groups in total. The maximum Gasteiger partial charge on any atom is 0.228 e. The molecule has 0 unspecified atom stereocenters. The van der Waals surface area contributed by atoms with Crippen LogP contribution in [0.25, 0.3) is 10.6 Å². The maximum absolute atomic E-state index is 12.5. The Bertz CT molecular complexity index is 643. The van der Waals surface area contributed by atoms with Crippen LogP contribution in [0.2, 0.25) is 0 Å². The molecule has 1 fully saturated rings. The zero-order valence-electron chi connectivity index (χ0n) is 14.4. The Hall–Kier alpha value is -1.66. The lowest BCUT2D eigenvalue weighted by Crippen LogP contribution is -2.39. The molecule has 0 atom stereocenters. The van der Waals surface area contributed by atoms with Gasteiger partial charge in [-0.05, 0) is 51.9 Å². The Kier molecular flexibility index (Phi) is 5.68. The van der Waals surface area contributed by atoms with E-state index in [4.69, 9.17) is 4.42 Å². The van der Waals surface area contributed by atoms with Gasteiger partial charge in [0.15, 0.2) is 0 Å². The first-order valence-electron chi connectivity index (χ1n) is 8.51. The summed E-state index contributed by atoms with van der Waals surface area (Å²) in [6, 6.07) is 1.89. The Labute approximate surface area is 147 Å². The number of aromatic nitrogens is 1. The van der Waals surface area contributed by atoms with Crippen LogP contribution in [0.15, 0.2) is 28.4 Å². The number of furan rings is 1. The van der Waals surface area contributed by atoms with Crippen molar-refractivity contribution in [3.05, 3.63) is 29.7 Å². The van der Waals surface area contributed by atoms with E-state index in [1.165, 1.54) is 6.42 Å². The van der Waals surface area contributed by atoms with Crippen molar-refractivity contribution in [3.63, 3.8) is 0 Å². The van der Waals surface area contributed by atoms with Crippen molar-refractivity contribution in [2.75, 3.05) is 33.7 Å². The number of likely N-dealkylation sites (tertiary alicyclic amines) is 1. The fourth-order valence-corrected chi connectivity index (χ4v) is 3.89. The highest BCUT2D eigenvalue weighted by Crippen LogP contribution is 2.25. The first kappa shape index (κ1) is 17.2. The lowest BCUT2D eigenvalue weighted by Gasteiger charge is -2.32. The highest BCUT2D eigenvalue weighted by atomic mass is 32.1. The number of hydrogen-bond acceptors (Lipinski definition) is 5. The summed E-state index contributed by atoms with van der Waals surface area (Å²) in [6.07, 6.45) is 7.20. The molecule has 0 spiro atoms. The number of nitrogens with zero attached hydrogens (tertiary/aromatic N) is 3. The molecule has 1 aliphatic heterocycles. The number of rotatable bonds is 6. The van der Waals surface area contributed by atoms with E-state index in [-0.39, 0.29) is 5.91 Å². The predicted octanol–water partition coefficient (Wildman–Crippen LogP) is 3.14. The van der Waals surface area contributed by atoms with Crippen LogP contribution in [0.5, 0.6) is 0 Å². The van der Waals surface area contributed by atoms with E-state index >= 15 is 0 Å². The molecule has 3 rings (SSSR count). The van der Waals surface area contributed by atoms with E-state index in [1.807, 2.05) is 16.3 Å². The van der Waals surface area contributed by atoms with Gasteiger partial charge in [-0.3, -0.25) is 4.79 Å². The van der Waals surface area contributed by atoms with Crippen molar-refractivity contribution < 1.29 is 9.21 Å². The predicted molar refractivity (Wildman–Crippen MR) is 96.0 cm³/mol. The SMILES string of the molecule is CN(C)CCC1CCN(C(=O)Cc2csc(-c3ccoc3)n2)CC1. The molecule has 0 saturated carbocycles. The van der Waals surface area contributed by atoms with Crippen LogP contribution in [0.4, 0.5) is 0 Å². The molecule has 0 aromatic carbocycles. The van der Waals surface area contributed by atoms with Gasteiger partial charge in [0.2, 0.25) is 5.91 Å². The van der Waals surface area contributed by atoms with E-state index in [0.717, 1.165) is 54.7 Å². The zero-order chi connectivity index (χ0) is 16.9. The van der Waals surface area contributed by atoms with Gasteiger partial charge in [0.1, 0.15) is 11.3 Å². The summed E-state index contributed by atoms with van der Waals surface area (Å²) in [5.74, 6) is 0.952. The van der Waals surface area contributed by atoms with Crippen LogP contribution in [0.1, 0.15) is 25.0 Å². The van der Waals surface area contributed by atoms with E-state index in [1.54, 1.807) is 23.9 Å². The minimum atomic E-state index is 0.199. The second kappa shape index (κ2) is 7.94. The third-order valence-corrected chi connectivity index (χ3v) is 5.54. The molecule has 0 bridgehead atoms. The second-order valence-corrected chi connectivity index (χ2v) is 7.61. The zero-order valence-corrected chi connectivity index (χ0v) is 15.2. The first-order chi connectivity index (χ1) is 11.6. The number of piperidine rings is 1. The van der Waals surface area contributed by atoms with Crippen LogP contribution < -0.4 is 0 Å². The Balaban J connectivity index is 1.48. The summed E-state index contributed by atoms with van der Waals surface area (Å²) in [4.78, 5) is 21.3. The molecule has 1 aliphatic rings. The number of carbonyl (C=O) groups excluding carboxylic acids is 1. The molecule has 3 heterocycles. The summed E-state index contributed by atoms with van der Waals surface area (Å²) >= 11 is 1.56. The lowest BCUT2D eigenvalue weighted by molar-refractivity contribution is -0.131. The van der Waals surface area contributed by atoms with Crippen LogP contribution in [-0.4, -0.2) is 54.4 Å². The normalized spacial score (nSPS) is 16.0. The van der Waals surface area contributed by atoms with Crippen molar-refractivity contribution in [1.29, 1.82) is 0 Å². The van der Waals surface area contributed by atoms with Crippen LogP contribution in [0.3, 0.4) is 0 Å². The minimum absolute atomic E-state index is 0.199. The van der Waals surface area contributed by atoms with E-state index in [0.29, 0.717) is 6.42 Å². The van der Waals surface area contributed by atoms with Gasteiger partial charge in [-0.15, -0.1) is 11.3 Å². The standard InChI is InChI=1S/C18H25N3O2S/c1-20(2)7-3-14-4-8-21(9-5-14)17(22)11-16-13-24-18(19-16)15-6-10-23-12-15/h6,10,12-14H,3-5,7-9,11H2,1-2H3. The van der Waals surface area contributed by atoms with Crippen molar-refractivity contribution in [3.8, 4) is 10.6 Å². The summed E-state index contributed by atoms with van der Waals surface area (Å²) in [5.41, 5.74) is 1.83. The number of thiazole rings is 1. The molecule has 130 valence electrons. The maximum atomic E-state index is 12.5. The van der Waals surface area contributed by atoms with Gasteiger partial charge < -0.3 is 14.2 Å². The van der Waals surface area contributed by atoms with Gasteiger partial charge in [-0.1, -0.05) is 0 Å². The third-order valence-electron chi connectivity index (χ3n) is 4.60. The van der Waals surface area contributed by atoms with Crippen molar-refractivity contribution in [2.24, 2.45) is 5.92 Å². The summed E-state index contributed by atoms with van der Waals surface area (Å²) in [6.45, 7) is 2.90. The van der Waals surface area contributed by atoms with E-state index in [9.17, 15) is 4.79 Å². The van der Waals surface area contributed by atoms with E-state index < -0.39 is 0 Å². The van der Waals surface area contributed by atoms with Gasteiger partial charge in [0.05, 0.1) is 18.4 Å². The molecule has 1 saturated heterocycles. The molecule has 6 heteroatoms. The van der Waals surface area contributed by atoms with Crippen LogP contribution in [0, 0.1) is 5.92 Å². The monoisotopic (exact) mass is 347 g/mol. The topological polar surface area (TPSA) is 49.6 Å². The summed E-state index contributed by atoms with van der Waals surface area (Å²) in [5, 5.41) is 2.89. The van der Waals surface area contributed by atoms with Gasteiger partial charge in [0.25, 0.3) is 0 Å². The number of hydrogen-bond donors (Lipinski definition) is 0.